The number of ketones is 1. The van der Waals surface area contributed by atoms with Crippen molar-refractivity contribution in [1.82, 2.24) is 0 Å². The van der Waals surface area contributed by atoms with Crippen LogP contribution in [0, 0.1) is 5.92 Å². The smallest absolute Gasteiger partial charge is 0.175 e. The third kappa shape index (κ3) is 3.57. The lowest BCUT2D eigenvalue weighted by Gasteiger charge is -2.11. The summed E-state index contributed by atoms with van der Waals surface area (Å²) in [6, 6.07) is 1.84. The first-order valence-electron chi connectivity index (χ1n) is 5.59. The van der Waals surface area contributed by atoms with Crippen LogP contribution in [-0.4, -0.2) is 5.78 Å². The molecule has 0 aliphatic carbocycles. The maximum Gasteiger partial charge on any atom is 0.175 e. The monoisotopic (exact) mass is 322 g/mol. The lowest BCUT2D eigenvalue weighted by molar-refractivity contribution is 0.0912. The minimum Gasteiger partial charge on any atom is -0.293 e. The summed E-state index contributed by atoms with van der Waals surface area (Å²) in [5, 5.41) is 0. The van der Waals surface area contributed by atoms with E-state index in [1.165, 1.54) is 11.3 Å². The van der Waals surface area contributed by atoms with Gasteiger partial charge in [-0.3, -0.25) is 4.79 Å². The number of thiophene rings is 1. The van der Waals surface area contributed by atoms with E-state index >= 15 is 0 Å². The molecule has 1 rings (SSSR count). The van der Waals surface area contributed by atoms with Crippen molar-refractivity contribution in [1.29, 1.82) is 0 Å². The Morgan fingerprint density at radius 3 is 2.69 bits per heavy atom. The van der Waals surface area contributed by atoms with Gasteiger partial charge in [0.2, 0.25) is 0 Å². The second-order valence-corrected chi connectivity index (χ2v) is 6.35. The third-order valence-electron chi connectivity index (χ3n) is 2.66. The average molecular weight is 324 g/mol. The number of Topliss-reactive ketones (excluding diaryl/α,β-unsaturated/α-hetero) is 1. The van der Waals surface area contributed by atoms with Crippen LogP contribution in [0.2, 0.25) is 4.34 Å². The molecule has 0 aliphatic heterocycles. The molecule has 0 radical (unpaired) electrons. The van der Waals surface area contributed by atoms with Crippen molar-refractivity contribution in [2.75, 3.05) is 0 Å². The molecule has 0 spiro atoms. The Balaban J connectivity index is 2.74. The van der Waals surface area contributed by atoms with Crippen LogP contribution >= 0.6 is 38.9 Å². The third-order valence-corrected chi connectivity index (χ3v) is 5.15. The van der Waals surface area contributed by atoms with E-state index in [-0.39, 0.29) is 11.7 Å². The standard InChI is InChI=1S/C12H16BrClOS/c1-3-5-6-8(4-2)11(15)10-7-9(13)12(14)16-10/h7-8H,3-6H2,1-2H3. The normalized spacial score (nSPS) is 12.8. The number of unbranched alkanes of at least 4 members (excludes halogenated alkanes) is 1. The zero-order valence-electron chi connectivity index (χ0n) is 9.56. The van der Waals surface area contributed by atoms with Gasteiger partial charge in [-0.05, 0) is 34.8 Å². The van der Waals surface area contributed by atoms with Crippen molar-refractivity contribution in [2.45, 2.75) is 39.5 Å². The number of halogens is 2. The van der Waals surface area contributed by atoms with E-state index in [0.717, 1.165) is 35.0 Å². The maximum atomic E-state index is 12.2. The zero-order chi connectivity index (χ0) is 12.1. The van der Waals surface area contributed by atoms with Crippen LogP contribution in [-0.2, 0) is 0 Å². The van der Waals surface area contributed by atoms with Gasteiger partial charge in [-0.1, -0.05) is 38.3 Å². The van der Waals surface area contributed by atoms with E-state index < -0.39 is 0 Å². The maximum absolute atomic E-state index is 12.2. The quantitative estimate of drug-likeness (QED) is 0.626. The Hall–Kier alpha value is 0.140. The van der Waals surface area contributed by atoms with Crippen molar-refractivity contribution in [3.63, 3.8) is 0 Å². The molecule has 90 valence electrons. The summed E-state index contributed by atoms with van der Waals surface area (Å²) in [6.07, 6.45) is 4.15. The van der Waals surface area contributed by atoms with Gasteiger partial charge in [-0.25, -0.2) is 0 Å². The van der Waals surface area contributed by atoms with E-state index in [1.54, 1.807) is 0 Å². The fraction of sp³-hybridized carbons (Fsp3) is 0.583. The number of carbonyl (C=O) groups excluding carboxylic acids is 1. The van der Waals surface area contributed by atoms with Crippen LogP contribution in [0.3, 0.4) is 0 Å². The molecule has 0 aromatic carbocycles. The molecule has 1 nitrogen and oxygen atoms in total. The summed E-state index contributed by atoms with van der Waals surface area (Å²) in [4.78, 5) is 13.0. The fourth-order valence-electron chi connectivity index (χ4n) is 1.64. The summed E-state index contributed by atoms with van der Waals surface area (Å²) >= 11 is 10.6. The molecule has 1 aromatic heterocycles. The lowest BCUT2D eigenvalue weighted by atomic mass is 9.94. The van der Waals surface area contributed by atoms with Crippen molar-refractivity contribution in [3.05, 3.63) is 19.8 Å². The zero-order valence-corrected chi connectivity index (χ0v) is 12.7. The summed E-state index contributed by atoms with van der Waals surface area (Å²) in [6.45, 7) is 4.22. The van der Waals surface area contributed by atoms with Crippen LogP contribution in [0.15, 0.2) is 10.5 Å². The largest absolute Gasteiger partial charge is 0.293 e. The van der Waals surface area contributed by atoms with Crippen molar-refractivity contribution in [2.24, 2.45) is 5.92 Å². The van der Waals surface area contributed by atoms with E-state index in [1.807, 2.05) is 6.07 Å². The van der Waals surface area contributed by atoms with E-state index in [9.17, 15) is 4.79 Å². The topological polar surface area (TPSA) is 17.1 Å². The SMILES string of the molecule is CCCCC(CC)C(=O)c1cc(Br)c(Cl)s1. The van der Waals surface area contributed by atoms with Crippen LogP contribution in [0.5, 0.6) is 0 Å². The second kappa shape index (κ2) is 6.77. The molecular weight excluding hydrogens is 308 g/mol. The molecular formula is C12H16BrClOS. The van der Waals surface area contributed by atoms with Crippen molar-refractivity contribution >= 4 is 44.7 Å². The Morgan fingerprint density at radius 2 is 2.25 bits per heavy atom. The minimum absolute atomic E-state index is 0.154. The molecule has 16 heavy (non-hydrogen) atoms. The molecule has 0 saturated heterocycles. The highest BCUT2D eigenvalue weighted by Crippen LogP contribution is 2.34. The first-order chi connectivity index (χ1) is 7.60. The highest BCUT2D eigenvalue weighted by Gasteiger charge is 2.20. The summed E-state index contributed by atoms with van der Waals surface area (Å²) in [5.74, 6) is 0.398. The van der Waals surface area contributed by atoms with Gasteiger partial charge in [0.1, 0.15) is 4.34 Å². The Labute approximate surface area is 114 Å². The highest BCUT2D eigenvalue weighted by molar-refractivity contribution is 9.10. The Bertz CT molecular complexity index is 342. The van der Waals surface area contributed by atoms with Crippen LogP contribution in [0.1, 0.15) is 49.2 Å². The Kier molecular flexibility index (Phi) is 6.01. The van der Waals surface area contributed by atoms with Gasteiger partial charge >= 0.3 is 0 Å². The van der Waals surface area contributed by atoms with Crippen LogP contribution < -0.4 is 0 Å². The molecule has 0 amide bonds. The number of hydrogen-bond acceptors (Lipinski definition) is 2. The first kappa shape index (κ1) is 14.2. The van der Waals surface area contributed by atoms with Crippen molar-refractivity contribution < 1.29 is 4.79 Å². The molecule has 1 aromatic rings. The van der Waals surface area contributed by atoms with Gasteiger partial charge in [-0.15, -0.1) is 11.3 Å². The molecule has 4 heteroatoms. The van der Waals surface area contributed by atoms with Gasteiger partial charge in [0.15, 0.2) is 5.78 Å². The second-order valence-electron chi connectivity index (χ2n) is 3.84. The van der Waals surface area contributed by atoms with Gasteiger partial charge < -0.3 is 0 Å². The van der Waals surface area contributed by atoms with Crippen molar-refractivity contribution in [3.8, 4) is 0 Å². The number of carbonyl (C=O) groups is 1. The predicted molar refractivity (Wildman–Crippen MR) is 74.7 cm³/mol. The van der Waals surface area contributed by atoms with Gasteiger partial charge in [-0.2, -0.15) is 0 Å². The fourth-order valence-corrected chi connectivity index (χ4v) is 3.36. The summed E-state index contributed by atoms with van der Waals surface area (Å²) < 4.78 is 1.49. The predicted octanol–water partition coefficient (Wildman–Crippen LogP) is 5.56. The van der Waals surface area contributed by atoms with E-state index in [4.69, 9.17) is 11.6 Å². The average Bonchev–Trinajstić information content (AvgIpc) is 2.60. The molecule has 0 N–H and O–H groups in total. The molecule has 0 saturated carbocycles. The number of rotatable bonds is 6. The molecule has 1 unspecified atom stereocenters. The van der Waals surface area contributed by atoms with Crippen LogP contribution in [0.25, 0.3) is 0 Å². The Morgan fingerprint density at radius 1 is 1.56 bits per heavy atom. The molecule has 0 fully saturated rings. The first-order valence-corrected chi connectivity index (χ1v) is 7.57. The molecule has 0 bridgehead atoms. The summed E-state index contributed by atoms with van der Waals surface area (Å²) in [7, 11) is 0. The van der Waals surface area contributed by atoms with Gasteiger partial charge in [0.25, 0.3) is 0 Å². The van der Waals surface area contributed by atoms with E-state index in [2.05, 4.69) is 29.8 Å². The van der Waals surface area contributed by atoms with Crippen LogP contribution in [0.4, 0.5) is 0 Å². The van der Waals surface area contributed by atoms with Gasteiger partial charge in [0.05, 0.1) is 4.88 Å². The highest BCUT2D eigenvalue weighted by atomic mass is 79.9. The lowest BCUT2D eigenvalue weighted by Crippen LogP contribution is -2.12. The van der Waals surface area contributed by atoms with Gasteiger partial charge in [0, 0.05) is 10.4 Å². The molecule has 0 aliphatic rings. The number of hydrogen-bond donors (Lipinski definition) is 0. The van der Waals surface area contributed by atoms with E-state index in [0.29, 0.717) is 4.34 Å². The minimum atomic E-state index is 0.154. The molecule has 1 atom stereocenters. The molecule has 1 heterocycles. The summed E-state index contributed by atoms with van der Waals surface area (Å²) in [5.41, 5.74) is 0.